The van der Waals surface area contributed by atoms with E-state index >= 15 is 0 Å². The van der Waals surface area contributed by atoms with Gasteiger partial charge in [-0.25, -0.2) is 13.1 Å². The molecule has 0 saturated heterocycles. The molecule has 0 fully saturated rings. The first kappa shape index (κ1) is 14.1. The zero-order valence-electron chi connectivity index (χ0n) is 8.35. The molecule has 0 rings (SSSR count). The molecule has 0 spiro atoms. The summed E-state index contributed by atoms with van der Waals surface area (Å²) >= 11 is 0. The molecule has 0 heterocycles. The number of carbonyl (C=O) groups is 1. The van der Waals surface area contributed by atoms with Gasteiger partial charge in [-0.05, 0) is 6.42 Å². The molecule has 0 aliphatic carbocycles. The van der Waals surface area contributed by atoms with Crippen LogP contribution in [0, 0.1) is 0 Å². The number of nitrogens with two attached hydrogens (primary N) is 1. The first-order chi connectivity index (χ1) is 6.98. The third-order valence-corrected chi connectivity index (χ3v) is 2.96. The standard InChI is InChI=1S/C8H16N2O4S/c9-5-1-2-6-10-15(13,14)7-3-4-8(11)12/h1-2,10H,3-7,9H2,(H,11,12)/b2-1+. The monoisotopic (exact) mass is 236 g/mol. The second-order valence-electron chi connectivity index (χ2n) is 2.87. The molecule has 88 valence electrons. The lowest BCUT2D eigenvalue weighted by Crippen LogP contribution is -2.26. The van der Waals surface area contributed by atoms with E-state index in [0.717, 1.165) is 0 Å². The van der Waals surface area contributed by atoms with Crippen molar-refractivity contribution in [1.29, 1.82) is 0 Å². The maximum Gasteiger partial charge on any atom is 0.303 e. The molecular weight excluding hydrogens is 220 g/mol. The fourth-order valence-electron chi connectivity index (χ4n) is 0.840. The predicted molar refractivity (Wildman–Crippen MR) is 56.9 cm³/mol. The SMILES string of the molecule is NC/C=C/CNS(=O)(=O)CCCC(=O)O. The zero-order valence-corrected chi connectivity index (χ0v) is 9.16. The van der Waals surface area contributed by atoms with E-state index < -0.39 is 16.0 Å². The molecule has 0 bridgehead atoms. The van der Waals surface area contributed by atoms with E-state index in [0.29, 0.717) is 6.54 Å². The Bertz CT molecular complexity index is 311. The maximum absolute atomic E-state index is 11.2. The highest BCUT2D eigenvalue weighted by atomic mass is 32.2. The Morgan fingerprint density at radius 3 is 2.60 bits per heavy atom. The summed E-state index contributed by atoms with van der Waals surface area (Å²) in [4.78, 5) is 10.1. The van der Waals surface area contributed by atoms with Gasteiger partial charge in [-0.1, -0.05) is 12.2 Å². The predicted octanol–water partition coefficient (Wildman–Crippen LogP) is -0.714. The molecule has 0 aliphatic rings. The van der Waals surface area contributed by atoms with Gasteiger partial charge in [0.05, 0.1) is 5.75 Å². The summed E-state index contributed by atoms with van der Waals surface area (Å²) in [6.07, 6.45) is 3.22. The molecular formula is C8H16N2O4S. The van der Waals surface area contributed by atoms with Crippen LogP contribution < -0.4 is 10.5 Å². The van der Waals surface area contributed by atoms with Crippen LogP contribution >= 0.6 is 0 Å². The molecule has 0 unspecified atom stereocenters. The van der Waals surface area contributed by atoms with Crippen molar-refractivity contribution in [2.75, 3.05) is 18.8 Å². The molecule has 6 nitrogen and oxygen atoms in total. The van der Waals surface area contributed by atoms with E-state index in [1.165, 1.54) is 0 Å². The molecule has 0 radical (unpaired) electrons. The Labute approximate surface area is 89.2 Å². The van der Waals surface area contributed by atoms with Crippen LogP contribution in [0.25, 0.3) is 0 Å². The molecule has 15 heavy (non-hydrogen) atoms. The number of carboxylic acids is 1. The van der Waals surface area contributed by atoms with Crippen LogP contribution in [-0.2, 0) is 14.8 Å². The van der Waals surface area contributed by atoms with Crippen LogP contribution in [-0.4, -0.2) is 38.3 Å². The molecule has 7 heteroatoms. The second-order valence-corrected chi connectivity index (χ2v) is 4.80. The topological polar surface area (TPSA) is 109 Å². The minimum Gasteiger partial charge on any atom is -0.481 e. The first-order valence-corrected chi connectivity index (χ1v) is 6.17. The Kier molecular flexibility index (Phi) is 6.93. The molecule has 0 saturated carbocycles. The fourth-order valence-corrected chi connectivity index (χ4v) is 1.86. The summed E-state index contributed by atoms with van der Waals surface area (Å²) in [6, 6.07) is 0. The third kappa shape index (κ3) is 9.39. The van der Waals surface area contributed by atoms with Crippen molar-refractivity contribution < 1.29 is 18.3 Å². The summed E-state index contributed by atoms with van der Waals surface area (Å²) in [5, 5.41) is 8.32. The van der Waals surface area contributed by atoms with Gasteiger partial charge in [0.25, 0.3) is 0 Å². The minimum absolute atomic E-state index is 0.116. The van der Waals surface area contributed by atoms with Crippen LogP contribution in [0.4, 0.5) is 0 Å². The number of rotatable bonds is 8. The Balaban J connectivity index is 3.77. The van der Waals surface area contributed by atoms with Gasteiger partial charge >= 0.3 is 5.97 Å². The summed E-state index contributed by atoms with van der Waals surface area (Å²) in [5.41, 5.74) is 5.16. The van der Waals surface area contributed by atoms with E-state index in [9.17, 15) is 13.2 Å². The molecule has 0 aromatic carbocycles. The van der Waals surface area contributed by atoms with Crippen molar-refractivity contribution in [3.63, 3.8) is 0 Å². The number of hydrogen-bond acceptors (Lipinski definition) is 4. The molecule has 4 N–H and O–H groups in total. The molecule has 0 aromatic heterocycles. The van der Waals surface area contributed by atoms with E-state index in [4.69, 9.17) is 10.8 Å². The number of aliphatic carboxylic acids is 1. The molecule has 0 aliphatic heterocycles. The zero-order chi connectivity index (χ0) is 11.7. The van der Waals surface area contributed by atoms with Crippen molar-refractivity contribution in [2.45, 2.75) is 12.8 Å². The highest BCUT2D eigenvalue weighted by Crippen LogP contribution is 1.94. The average molecular weight is 236 g/mol. The van der Waals surface area contributed by atoms with Crippen LogP contribution in [0.3, 0.4) is 0 Å². The van der Waals surface area contributed by atoms with E-state index in [2.05, 4.69) is 4.72 Å². The second kappa shape index (κ2) is 7.38. The van der Waals surface area contributed by atoms with Crippen molar-refractivity contribution in [3.05, 3.63) is 12.2 Å². The quantitative estimate of drug-likeness (QED) is 0.482. The van der Waals surface area contributed by atoms with Gasteiger partial charge in [0, 0.05) is 19.5 Å². The Morgan fingerprint density at radius 2 is 2.07 bits per heavy atom. The van der Waals surface area contributed by atoms with E-state index in [1.807, 2.05) is 0 Å². The summed E-state index contributed by atoms with van der Waals surface area (Å²) in [7, 11) is -3.36. The maximum atomic E-state index is 11.2. The highest BCUT2D eigenvalue weighted by molar-refractivity contribution is 7.89. The fraction of sp³-hybridized carbons (Fsp3) is 0.625. The number of hydrogen-bond donors (Lipinski definition) is 3. The number of carboxylic acid groups (broad SMARTS) is 1. The minimum atomic E-state index is -3.36. The smallest absolute Gasteiger partial charge is 0.303 e. The third-order valence-electron chi connectivity index (χ3n) is 1.53. The van der Waals surface area contributed by atoms with Gasteiger partial charge < -0.3 is 10.8 Å². The van der Waals surface area contributed by atoms with E-state index in [-0.39, 0.29) is 25.1 Å². The summed E-state index contributed by atoms with van der Waals surface area (Å²) in [6.45, 7) is 0.549. The Morgan fingerprint density at radius 1 is 1.40 bits per heavy atom. The normalized spacial score (nSPS) is 12.1. The van der Waals surface area contributed by atoms with E-state index in [1.54, 1.807) is 12.2 Å². The largest absolute Gasteiger partial charge is 0.481 e. The lowest BCUT2D eigenvalue weighted by atomic mass is 10.3. The van der Waals surface area contributed by atoms with Crippen LogP contribution in [0.1, 0.15) is 12.8 Å². The first-order valence-electron chi connectivity index (χ1n) is 4.52. The Hall–Kier alpha value is -0.920. The van der Waals surface area contributed by atoms with Gasteiger partial charge in [0.15, 0.2) is 0 Å². The van der Waals surface area contributed by atoms with Gasteiger partial charge in [-0.15, -0.1) is 0 Å². The van der Waals surface area contributed by atoms with Crippen LogP contribution in [0.15, 0.2) is 12.2 Å². The van der Waals surface area contributed by atoms with Crippen molar-refractivity contribution >= 4 is 16.0 Å². The molecule has 0 atom stereocenters. The van der Waals surface area contributed by atoms with Crippen LogP contribution in [0.2, 0.25) is 0 Å². The molecule has 0 aromatic rings. The lowest BCUT2D eigenvalue weighted by Gasteiger charge is -2.02. The van der Waals surface area contributed by atoms with Gasteiger partial charge in [0.2, 0.25) is 10.0 Å². The number of sulfonamides is 1. The van der Waals surface area contributed by atoms with Crippen molar-refractivity contribution in [1.82, 2.24) is 4.72 Å². The average Bonchev–Trinajstić information content (AvgIpc) is 2.11. The number of nitrogens with one attached hydrogen (secondary N) is 1. The van der Waals surface area contributed by atoms with Gasteiger partial charge in [-0.2, -0.15) is 0 Å². The highest BCUT2D eigenvalue weighted by Gasteiger charge is 2.09. The molecule has 0 amide bonds. The lowest BCUT2D eigenvalue weighted by molar-refractivity contribution is -0.137. The summed E-state index contributed by atoms with van der Waals surface area (Å²) < 4.78 is 24.7. The van der Waals surface area contributed by atoms with Gasteiger partial charge in [-0.3, -0.25) is 4.79 Å². The van der Waals surface area contributed by atoms with Gasteiger partial charge in [0.1, 0.15) is 0 Å². The van der Waals surface area contributed by atoms with Crippen LogP contribution in [0.5, 0.6) is 0 Å². The summed E-state index contributed by atoms with van der Waals surface area (Å²) in [5.74, 6) is -1.16. The van der Waals surface area contributed by atoms with Crippen molar-refractivity contribution in [2.24, 2.45) is 5.73 Å². The van der Waals surface area contributed by atoms with Crippen molar-refractivity contribution in [3.8, 4) is 0 Å².